The predicted molar refractivity (Wildman–Crippen MR) is 92.0 cm³/mol. The van der Waals surface area contributed by atoms with Gasteiger partial charge in [-0.05, 0) is 0 Å². The molecule has 2 aromatic rings. The SMILES string of the molecule is COc1cc(Br)c([CH](C=O)[Hg][O]C(C)=O)cc1OCc1ccccc1. The summed E-state index contributed by atoms with van der Waals surface area (Å²) >= 11 is 1.27. The number of benzene rings is 2. The number of hydrogen-bond acceptors (Lipinski definition) is 5. The van der Waals surface area contributed by atoms with Crippen LogP contribution >= 0.6 is 15.9 Å². The van der Waals surface area contributed by atoms with Gasteiger partial charge in [0, 0.05) is 0 Å². The van der Waals surface area contributed by atoms with Crippen molar-refractivity contribution in [2.75, 3.05) is 7.11 Å². The summed E-state index contributed by atoms with van der Waals surface area (Å²) in [6, 6.07) is 13.3. The van der Waals surface area contributed by atoms with E-state index in [1.807, 2.05) is 30.3 Å². The summed E-state index contributed by atoms with van der Waals surface area (Å²) in [5.74, 6) is 0.784. The molecule has 2 aromatic carbocycles. The molecule has 2 rings (SSSR count). The fraction of sp³-hybridized carbons (Fsp3) is 0.222. The number of carbonyl (C=O) groups excluding carboxylic acids is 2. The first-order valence-electron chi connectivity index (χ1n) is 7.68. The molecule has 0 aliphatic carbocycles. The number of rotatable bonds is 8. The Hall–Kier alpha value is -1.40. The van der Waals surface area contributed by atoms with E-state index in [0.29, 0.717) is 18.1 Å². The van der Waals surface area contributed by atoms with E-state index in [4.69, 9.17) is 12.1 Å². The van der Waals surface area contributed by atoms with Crippen LogP contribution < -0.4 is 9.47 Å². The van der Waals surface area contributed by atoms with E-state index in [0.717, 1.165) is 21.9 Å². The van der Waals surface area contributed by atoms with Crippen molar-refractivity contribution in [3.63, 3.8) is 0 Å². The Morgan fingerprint density at radius 3 is 2.56 bits per heavy atom. The molecule has 5 nitrogen and oxygen atoms in total. The topological polar surface area (TPSA) is 61.8 Å². The van der Waals surface area contributed by atoms with Crippen molar-refractivity contribution in [1.29, 1.82) is 0 Å². The van der Waals surface area contributed by atoms with Gasteiger partial charge in [-0.1, -0.05) is 0 Å². The Labute approximate surface area is 167 Å². The third-order valence-electron chi connectivity index (χ3n) is 3.55. The standard InChI is InChI=1S/C16H14BrO3.C2H4O2.Hg/c1-19-15-10-14(17)13(7-8-18)9-16(15)20-11-12-5-3-2-4-6-12;1-2(3)4;/h2-10H,11H2,1H3;1H3,(H,3,4);/q;;+1/p-1. The van der Waals surface area contributed by atoms with Gasteiger partial charge >= 0.3 is 169 Å². The second kappa shape index (κ2) is 9.92. The molecule has 0 fully saturated rings. The van der Waals surface area contributed by atoms with Gasteiger partial charge < -0.3 is 0 Å². The predicted octanol–water partition coefficient (Wildman–Crippen LogP) is 3.84. The van der Waals surface area contributed by atoms with Gasteiger partial charge in [0.25, 0.3) is 0 Å². The quantitative estimate of drug-likeness (QED) is 0.344. The fourth-order valence-corrected chi connectivity index (χ4v) is 7.96. The average molecular weight is 594 g/mol. The van der Waals surface area contributed by atoms with Crippen molar-refractivity contribution in [3.8, 4) is 11.5 Å². The first-order valence-corrected chi connectivity index (χ1v) is 13.9. The number of aldehydes is 1. The maximum atomic E-state index is 11.5. The van der Waals surface area contributed by atoms with E-state index < -0.39 is 25.0 Å². The molecule has 1 atom stereocenters. The number of halogens is 1. The monoisotopic (exact) mass is 594 g/mol. The van der Waals surface area contributed by atoms with Crippen LogP contribution in [0.3, 0.4) is 0 Å². The van der Waals surface area contributed by atoms with Gasteiger partial charge in [-0.3, -0.25) is 0 Å². The average Bonchev–Trinajstić information content (AvgIpc) is 2.62. The van der Waals surface area contributed by atoms with Crippen molar-refractivity contribution >= 4 is 28.2 Å². The third kappa shape index (κ3) is 5.82. The van der Waals surface area contributed by atoms with E-state index in [2.05, 4.69) is 15.9 Å². The molecule has 0 N–H and O–H groups in total. The number of hydrogen-bond donors (Lipinski definition) is 0. The summed E-state index contributed by atoms with van der Waals surface area (Å²) in [4.78, 5) is 22.6. The minimum atomic E-state index is -2.20. The van der Waals surface area contributed by atoms with Crippen molar-refractivity contribution in [3.05, 3.63) is 58.1 Å². The number of methoxy groups -OCH3 is 1. The van der Waals surface area contributed by atoms with Crippen LogP contribution in [0.1, 0.15) is 21.5 Å². The molecular formula is C18H17BrHgO5. The molecule has 0 spiro atoms. The summed E-state index contributed by atoms with van der Waals surface area (Å²) < 4.78 is 16.8. The van der Waals surface area contributed by atoms with Gasteiger partial charge in [0.15, 0.2) is 0 Å². The van der Waals surface area contributed by atoms with Crippen LogP contribution in [0.2, 0.25) is 0 Å². The molecule has 25 heavy (non-hydrogen) atoms. The molecule has 0 aliphatic rings. The third-order valence-corrected chi connectivity index (χ3v) is 10.3. The minimum absolute atomic E-state index is 0.335. The summed E-state index contributed by atoms with van der Waals surface area (Å²) in [6.07, 6.45) is 0.845. The molecule has 0 saturated carbocycles. The van der Waals surface area contributed by atoms with Gasteiger partial charge in [-0.25, -0.2) is 0 Å². The molecule has 0 bridgehead atoms. The fourth-order valence-electron chi connectivity index (χ4n) is 2.25. The molecule has 0 saturated heterocycles. The molecule has 0 heterocycles. The van der Waals surface area contributed by atoms with Crippen LogP contribution in [0, 0.1) is 0 Å². The van der Waals surface area contributed by atoms with Crippen LogP contribution in [0.15, 0.2) is 46.9 Å². The van der Waals surface area contributed by atoms with Crippen LogP contribution in [0.25, 0.3) is 0 Å². The molecule has 0 aliphatic heterocycles. The van der Waals surface area contributed by atoms with E-state index in [-0.39, 0.29) is 9.40 Å². The zero-order valence-electron chi connectivity index (χ0n) is 14.0. The van der Waals surface area contributed by atoms with Gasteiger partial charge in [0.1, 0.15) is 0 Å². The molecule has 0 amide bonds. The summed E-state index contributed by atoms with van der Waals surface area (Å²) in [6.45, 7) is 1.75. The van der Waals surface area contributed by atoms with Gasteiger partial charge in [0.05, 0.1) is 0 Å². The summed E-state index contributed by atoms with van der Waals surface area (Å²) in [7, 11) is 1.56. The number of ether oxygens (including phenoxy) is 2. The molecule has 1 unspecified atom stereocenters. The zero-order valence-corrected chi connectivity index (χ0v) is 21.1. The van der Waals surface area contributed by atoms with Crippen LogP contribution in [-0.2, 0) is 43.9 Å². The van der Waals surface area contributed by atoms with Crippen LogP contribution in [-0.4, -0.2) is 19.4 Å². The Morgan fingerprint density at radius 1 is 1.24 bits per heavy atom. The Balaban J connectivity index is 2.25. The first kappa shape index (κ1) is 19.9. The maximum absolute atomic E-state index is 11.5. The normalized spacial score (nSPS) is 11.2. The second-order valence-corrected chi connectivity index (χ2v) is 12.0. The van der Waals surface area contributed by atoms with E-state index in [1.165, 1.54) is 6.92 Å². The Morgan fingerprint density at radius 2 is 1.96 bits per heavy atom. The first-order chi connectivity index (χ1) is 12.0. The molecule has 0 aromatic heterocycles. The Bertz CT molecular complexity index is 736. The molecule has 0 radical (unpaired) electrons. The summed E-state index contributed by atoms with van der Waals surface area (Å²) in [5, 5.41) is 0. The van der Waals surface area contributed by atoms with Crippen molar-refractivity contribution in [2.24, 2.45) is 0 Å². The molecular weight excluding hydrogens is 577 g/mol. The summed E-state index contributed by atoms with van der Waals surface area (Å²) in [5.41, 5.74) is 1.79. The second-order valence-electron chi connectivity index (χ2n) is 5.34. The van der Waals surface area contributed by atoms with E-state index >= 15 is 0 Å². The molecule has 128 valence electrons. The van der Waals surface area contributed by atoms with Crippen LogP contribution in [0.4, 0.5) is 0 Å². The van der Waals surface area contributed by atoms with Gasteiger partial charge in [-0.15, -0.1) is 0 Å². The Kier molecular flexibility index (Phi) is 7.90. The number of carbonyl (C=O) groups is 2. The van der Waals surface area contributed by atoms with Crippen LogP contribution in [0.5, 0.6) is 11.5 Å². The van der Waals surface area contributed by atoms with Crippen molar-refractivity contribution in [1.82, 2.24) is 0 Å². The van der Waals surface area contributed by atoms with Gasteiger partial charge in [0.2, 0.25) is 0 Å². The van der Waals surface area contributed by atoms with Gasteiger partial charge in [-0.2, -0.15) is 0 Å². The van der Waals surface area contributed by atoms with Crippen molar-refractivity contribution < 1.29 is 46.7 Å². The van der Waals surface area contributed by atoms with E-state index in [1.54, 1.807) is 19.2 Å². The molecule has 7 heteroatoms. The zero-order chi connectivity index (χ0) is 18.2. The van der Waals surface area contributed by atoms with Crippen molar-refractivity contribution in [2.45, 2.75) is 17.0 Å². The van der Waals surface area contributed by atoms with E-state index in [9.17, 15) is 9.59 Å².